The third kappa shape index (κ3) is 9.29. The van der Waals surface area contributed by atoms with Crippen molar-refractivity contribution in [3.63, 3.8) is 0 Å². The Morgan fingerprint density at radius 3 is 2.29 bits per heavy atom. The van der Waals surface area contributed by atoms with Crippen LogP contribution in [0.5, 0.6) is 5.75 Å². The van der Waals surface area contributed by atoms with Gasteiger partial charge in [-0.15, -0.1) is 0 Å². The Labute approximate surface area is 264 Å². The Morgan fingerprint density at radius 1 is 0.911 bits per heavy atom. The number of rotatable bonds is 11. The number of nitrogens with one attached hydrogen (secondary N) is 1. The molecule has 1 aliphatic heterocycles. The minimum Gasteiger partial charge on any atom is -0.490 e. The standard InChI is InChI=1S/C36H35N3O5S/c37-26-31-11-7-10-28(24-31)14-17-32(38-45(41,42)35-12-5-2-6-13-35)25-29-15-18-33(19-16-29)44-34-20-22-39(23-21-34)36(40)43-27-30-8-3-1-4-9-30/h1-19,24,32,34,38H,20-23,25,27H2/b17-14+/t32-/m1/s1. The van der Waals surface area contributed by atoms with E-state index in [2.05, 4.69) is 10.8 Å². The van der Waals surface area contributed by atoms with Gasteiger partial charge >= 0.3 is 6.09 Å². The summed E-state index contributed by atoms with van der Waals surface area (Å²) in [6, 6.07) is 34.2. The third-order valence-corrected chi connectivity index (χ3v) is 8.99. The van der Waals surface area contributed by atoms with Crippen molar-refractivity contribution in [3.05, 3.63) is 138 Å². The molecule has 45 heavy (non-hydrogen) atoms. The molecule has 0 aliphatic carbocycles. The Balaban J connectivity index is 1.18. The van der Waals surface area contributed by atoms with Gasteiger partial charge in [0, 0.05) is 32.0 Å². The molecular weight excluding hydrogens is 586 g/mol. The number of amides is 1. The maximum atomic E-state index is 13.1. The first-order valence-corrected chi connectivity index (χ1v) is 16.3. The van der Waals surface area contributed by atoms with E-state index in [1.165, 1.54) is 0 Å². The van der Waals surface area contributed by atoms with E-state index < -0.39 is 16.1 Å². The van der Waals surface area contributed by atoms with E-state index in [1.54, 1.807) is 59.5 Å². The van der Waals surface area contributed by atoms with Crippen LogP contribution in [0.25, 0.3) is 6.08 Å². The number of hydrogen-bond acceptors (Lipinski definition) is 6. The maximum absolute atomic E-state index is 13.1. The number of likely N-dealkylation sites (tertiary alicyclic amines) is 1. The first kappa shape index (κ1) is 31.5. The minimum absolute atomic E-state index is 0.0217. The van der Waals surface area contributed by atoms with Crippen molar-refractivity contribution in [1.29, 1.82) is 5.26 Å². The van der Waals surface area contributed by atoms with Crippen LogP contribution in [0.1, 0.15) is 35.1 Å². The van der Waals surface area contributed by atoms with Crippen LogP contribution in [-0.4, -0.2) is 44.6 Å². The fraction of sp³-hybridized carbons (Fsp3) is 0.222. The fourth-order valence-corrected chi connectivity index (χ4v) is 6.28. The average molecular weight is 622 g/mol. The summed E-state index contributed by atoms with van der Waals surface area (Å²) in [5.74, 6) is 0.717. The van der Waals surface area contributed by atoms with Gasteiger partial charge in [0.05, 0.1) is 16.5 Å². The normalized spacial score (nSPS) is 14.5. The zero-order valence-corrected chi connectivity index (χ0v) is 25.6. The predicted octanol–water partition coefficient (Wildman–Crippen LogP) is 6.34. The Morgan fingerprint density at radius 2 is 1.60 bits per heavy atom. The van der Waals surface area contributed by atoms with Crippen LogP contribution in [0.4, 0.5) is 4.79 Å². The molecule has 1 N–H and O–H groups in total. The second-order valence-electron chi connectivity index (χ2n) is 10.8. The Kier molecular flexibility index (Phi) is 10.6. The van der Waals surface area contributed by atoms with Crippen molar-refractivity contribution in [2.24, 2.45) is 0 Å². The minimum atomic E-state index is -3.77. The van der Waals surface area contributed by atoms with Crippen LogP contribution < -0.4 is 9.46 Å². The lowest BCUT2D eigenvalue weighted by Gasteiger charge is -2.31. The predicted molar refractivity (Wildman–Crippen MR) is 173 cm³/mol. The van der Waals surface area contributed by atoms with Gasteiger partial charge < -0.3 is 14.4 Å². The summed E-state index contributed by atoms with van der Waals surface area (Å²) in [6.45, 7) is 1.37. The number of hydrogen-bond donors (Lipinski definition) is 1. The zero-order chi connectivity index (χ0) is 31.5. The van der Waals surface area contributed by atoms with Crippen LogP contribution in [-0.2, 0) is 27.8 Å². The summed E-state index contributed by atoms with van der Waals surface area (Å²) in [5.41, 5.74) is 3.21. The Hall–Kier alpha value is -4.91. The lowest BCUT2D eigenvalue weighted by atomic mass is 10.0. The molecular formula is C36H35N3O5S. The van der Waals surface area contributed by atoms with E-state index in [0.29, 0.717) is 43.7 Å². The average Bonchev–Trinajstić information content (AvgIpc) is 3.08. The lowest BCUT2D eigenvalue weighted by Crippen LogP contribution is -2.42. The van der Waals surface area contributed by atoms with Crippen molar-refractivity contribution in [2.45, 2.75) is 42.9 Å². The number of carbonyl (C=O) groups excluding carboxylic acids is 1. The highest BCUT2D eigenvalue weighted by atomic mass is 32.2. The number of piperidine rings is 1. The van der Waals surface area contributed by atoms with Gasteiger partial charge in [-0.2, -0.15) is 5.26 Å². The van der Waals surface area contributed by atoms with Gasteiger partial charge in [-0.05, 0) is 59.5 Å². The van der Waals surface area contributed by atoms with E-state index in [-0.39, 0.29) is 23.7 Å². The molecule has 1 heterocycles. The highest BCUT2D eigenvalue weighted by Gasteiger charge is 2.25. The zero-order valence-electron chi connectivity index (χ0n) is 24.8. The number of benzene rings is 4. The molecule has 0 aromatic heterocycles. The van der Waals surface area contributed by atoms with Crippen molar-refractivity contribution in [2.75, 3.05) is 13.1 Å². The molecule has 1 fully saturated rings. The number of sulfonamides is 1. The summed E-state index contributed by atoms with van der Waals surface area (Å²) in [7, 11) is -3.77. The quantitative estimate of drug-likeness (QED) is 0.209. The maximum Gasteiger partial charge on any atom is 0.410 e. The van der Waals surface area contributed by atoms with E-state index >= 15 is 0 Å². The van der Waals surface area contributed by atoms with Gasteiger partial charge in [-0.3, -0.25) is 0 Å². The molecule has 4 aromatic rings. The number of nitriles is 1. The van der Waals surface area contributed by atoms with Gasteiger partial charge in [0.15, 0.2) is 0 Å². The first-order valence-electron chi connectivity index (χ1n) is 14.8. The van der Waals surface area contributed by atoms with Crippen molar-refractivity contribution in [3.8, 4) is 11.8 Å². The van der Waals surface area contributed by atoms with E-state index in [4.69, 9.17) is 9.47 Å². The second kappa shape index (κ2) is 15.2. The molecule has 1 atom stereocenters. The number of carbonyl (C=O) groups is 1. The van der Waals surface area contributed by atoms with Gasteiger partial charge in [0.25, 0.3) is 0 Å². The first-order chi connectivity index (χ1) is 21.9. The van der Waals surface area contributed by atoms with Crippen LogP contribution >= 0.6 is 0 Å². The van der Waals surface area contributed by atoms with Crippen LogP contribution in [0.3, 0.4) is 0 Å². The smallest absolute Gasteiger partial charge is 0.410 e. The molecule has 1 aliphatic rings. The molecule has 230 valence electrons. The van der Waals surface area contributed by atoms with Crippen LogP contribution in [0, 0.1) is 11.3 Å². The van der Waals surface area contributed by atoms with E-state index in [0.717, 1.165) is 16.7 Å². The van der Waals surface area contributed by atoms with Crippen LogP contribution in [0.15, 0.2) is 120 Å². The molecule has 5 rings (SSSR count). The van der Waals surface area contributed by atoms with Gasteiger partial charge in [0.1, 0.15) is 18.5 Å². The summed E-state index contributed by atoms with van der Waals surface area (Å²) in [5, 5.41) is 9.23. The fourth-order valence-electron chi connectivity index (χ4n) is 5.07. The van der Waals surface area contributed by atoms with Gasteiger partial charge in [-0.25, -0.2) is 17.9 Å². The summed E-state index contributed by atoms with van der Waals surface area (Å²) >= 11 is 0. The lowest BCUT2D eigenvalue weighted by molar-refractivity contribution is 0.0638. The molecule has 1 saturated heterocycles. The molecule has 8 nitrogen and oxygen atoms in total. The van der Waals surface area contributed by atoms with Crippen molar-refractivity contribution >= 4 is 22.2 Å². The van der Waals surface area contributed by atoms with E-state index in [9.17, 15) is 18.5 Å². The molecule has 0 spiro atoms. The SMILES string of the molecule is N#Cc1cccc(/C=C/[C@H](Cc2ccc(OC3CCN(C(=O)OCc4ccccc4)CC3)cc2)NS(=O)(=O)c2ccccc2)c1. The monoisotopic (exact) mass is 621 g/mol. The molecule has 0 bridgehead atoms. The molecule has 0 unspecified atom stereocenters. The second-order valence-corrected chi connectivity index (χ2v) is 12.5. The van der Waals surface area contributed by atoms with Crippen LogP contribution in [0.2, 0.25) is 0 Å². The number of ether oxygens (including phenoxy) is 2. The summed E-state index contributed by atoms with van der Waals surface area (Å²) in [4.78, 5) is 14.4. The number of nitrogens with zero attached hydrogens (tertiary/aromatic N) is 2. The van der Waals surface area contributed by atoms with E-state index in [1.807, 2.05) is 66.7 Å². The molecule has 9 heteroatoms. The molecule has 0 radical (unpaired) electrons. The summed E-state index contributed by atoms with van der Waals surface area (Å²) in [6.07, 6.45) is 5.09. The third-order valence-electron chi connectivity index (χ3n) is 7.48. The van der Waals surface area contributed by atoms with Crippen molar-refractivity contribution < 1.29 is 22.7 Å². The molecule has 4 aromatic carbocycles. The Bertz CT molecular complexity index is 1730. The molecule has 1 amide bonds. The highest BCUT2D eigenvalue weighted by molar-refractivity contribution is 7.89. The highest BCUT2D eigenvalue weighted by Crippen LogP contribution is 2.22. The van der Waals surface area contributed by atoms with Crippen molar-refractivity contribution in [1.82, 2.24) is 9.62 Å². The van der Waals surface area contributed by atoms with Gasteiger partial charge in [-0.1, -0.05) is 84.9 Å². The molecule has 0 saturated carbocycles. The topological polar surface area (TPSA) is 109 Å². The van der Waals surface area contributed by atoms with Gasteiger partial charge in [0.2, 0.25) is 10.0 Å². The summed E-state index contributed by atoms with van der Waals surface area (Å²) < 4.78 is 40.8. The largest absolute Gasteiger partial charge is 0.490 e.